The minimum Gasteiger partial charge on any atom is -0.375 e. The van der Waals surface area contributed by atoms with Gasteiger partial charge >= 0.3 is 0 Å². The fourth-order valence-electron chi connectivity index (χ4n) is 0.980. The van der Waals surface area contributed by atoms with Crippen molar-refractivity contribution in [3.63, 3.8) is 0 Å². The second-order valence-electron chi connectivity index (χ2n) is 2.55. The maximum Gasteiger partial charge on any atom is 0.135 e. The first-order valence-corrected chi connectivity index (χ1v) is 5.01. The molecule has 0 unspecified atom stereocenters. The molecule has 0 fully saturated rings. The Balaban J connectivity index is 2.91. The van der Waals surface area contributed by atoms with E-state index in [4.69, 9.17) is 39.9 Å². The average Bonchev–Trinajstić information content (AvgIpc) is 2.12. The lowest BCUT2D eigenvalue weighted by atomic mass is 10.1. The molecule has 0 aromatic heterocycles. The second-order valence-corrected chi connectivity index (χ2v) is 3.80. The molecule has 76 valence electrons. The molecule has 0 spiro atoms. The summed E-state index contributed by atoms with van der Waals surface area (Å²) in [5.41, 5.74) is 0.720. The molecule has 0 atom stereocenters. The van der Waals surface area contributed by atoms with Gasteiger partial charge in [0.15, 0.2) is 0 Å². The molecule has 0 aliphatic rings. The molecule has 0 heterocycles. The Morgan fingerprint density at radius 1 is 1.29 bits per heavy atom. The molecule has 0 bridgehead atoms. The normalized spacial score (nSPS) is 11.9. The average molecular weight is 253 g/mol. The molecule has 0 aliphatic heterocycles. The number of aliphatic hydroxyl groups excluding tert-OH is 1. The highest BCUT2D eigenvalue weighted by atomic mass is 35.5. The maximum atomic E-state index is 8.52. The van der Waals surface area contributed by atoms with Crippen molar-refractivity contribution in [2.45, 2.75) is 6.42 Å². The Morgan fingerprint density at radius 3 is 2.36 bits per heavy atom. The zero-order chi connectivity index (χ0) is 10.6. The van der Waals surface area contributed by atoms with Gasteiger partial charge in [-0.3, -0.25) is 0 Å². The fraction of sp³-hybridized carbons (Fsp3) is 0.222. The van der Waals surface area contributed by atoms with Crippen LogP contribution in [0.4, 0.5) is 0 Å². The van der Waals surface area contributed by atoms with E-state index in [1.165, 1.54) is 0 Å². The highest BCUT2D eigenvalue weighted by Gasteiger charge is 2.07. The molecule has 1 aromatic carbocycles. The summed E-state index contributed by atoms with van der Waals surface area (Å²) < 4.78 is 0. The van der Waals surface area contributed by atoms with Crippen LogP contribution in [0.1, 0.15) is 5.56 Å². The fourth-order valence-corrected chi connectivity index (χ4v) is 1.70. The van der Waals surface area contributed by atoms with Gasteiger partial charge < -0.3 is 5.11 Å². The summed E-state index contributed by atoms with van der Waals surface area (Å²) in [6, 6.07) is 5.21. The number of halogens is 3. The van der Waals surface area contributed by atoms with E-state index in [0.717, 1.165) is 5.56 Å². The number of aliphatic imine (C=N–C) groups is 1. The zero-order valence-electron chi connectivity index (χ0n) is 7.17. The van der Waals surface area contributed by atoms with Gasteiger partial charge in [0.05, 0.1) is 0 Å². The van der Waals surface area contributed by atoms with Gasteiger partial charge in [-0.2, -0.15) is 0 Å². The Hall–Kier alpha value is -0.280. The van der Waals surface area contributed by atoms with E-state index in [1.807, 2.05) is 0 Å². The highest BCUT2D eigenvalue weighted by Crippen LogP contribution is 2.25. The van der Waals surface area contributed by atoms with E-state index in [1.54, 1.807) is 18.2 Å². The van der Waals surface area contributed by atoms with Crippen LogP contribution >= 0.6 is 34.8 Å². The predicted octanol–water partition coefficient (Wildman–Crippen LogP) is 3.12. The summed E-state index contributed by atoms with van der Waals surface area (Å²) in [7, 11) is 0. The van der Waals surface area contributed by atoms with Crippen LogP contribution in [0.15, 0.2) is 23.2 Å². The first kappa shape index (κ1) is 11.8. The second kappa shape index (κ2) is 5.56. The molecule has 0 amide bonds. The number of hydrogen-bond acceptors (Lipinski definition) is 2. The van der Waals surface area contributed by atoms with Gasteiger partial charge in [0, 0.05) is 16.5 Å². The van der Waals surface area contributed by atoms with E-state index in [9.17, 15) is 0 Å². The van der Waals surface area contributed by atoms with Crippen molar-refractivity contribution < 1.29 is 5.11 Å². The van der Waals surface area contributed by atoms with Crippen LogP contribution in [0.2, 0.25) is 10.0 Å². The molecule has 0 aliphatic carbocycles. The third kappa shape index (κ3) is 3.14. The molecule has 2 nitrogen and oxygen atoms in total. The van der Waals surface area contributed by atoms with Crippen molar-refractivity contribution >= 4 is 40.0 Å². The van der Waals surface area contributed by atoms with Crippen molar-refractivity contribution in [2.75, 3.05) is 6.73 Å². The lowest BCUT2D eigenvalue weighted by Crippen LogP contribution is -1.97. The summed E-state index contributed by atoms with van der Waals surface area (Å²) >= 11 is 17.6. The van der Waals surface area contributed by atoms with Gasteiger partial charge in [0.25, 0.3) is 0 Å². The first-order valence-electron chi connectivity index (χ1n) is 3.87. The van der Waals surface area contributed by atoms with Crippen molar-refractivity contribution in [2.24, 2.45) is 4.99 Å². The van der Waals surface area contributed by atoms with Crippen LogP contribution < -0.4 is 0 Å². The molecule has 1 N–H and O–H groups in total. The van der Waals surface area contributed by atoms with Crippen molar-refractivity contribution in [1.82, 2.24) is 0 Å². The van der Waals surface area contributed by atoms with Crippen molar-refractivity contribution in [3.8, 4) is 0 Å². The Labute approximate surface area is 97.1 Å². The molecular weight excluding hydrogens is 244 g/mol. The minimum absolute atomic E-state index is 0.280. The summed E-state index contributed by atoms with van der Waals surface area (Å²) in [5.74, 6) is 0. The summed E-state index contributed by atoms with van der Waals surface area (Å²) in [6.07, 6.45) is 0.334. The Kier molecular flexibility index (Phi) is 4.69. The van der Waals surface area contributed by atoms with Gasteiger partial charge in [-0.1, -0.05) is 40.9 Å². The third-order valence-electron chi connectivity index (χ3n) is 1.63. The number of nitrogens with zero attached hydrogens (tertiary/aromatic N) is 1. The van der Waals surface area contributed by atoms with Gasteiger partial charge in [0.2, 0.25) is 0 Å². The third-order valence-corrected chi connectivity index (χ3v) is 2.59. The van der Waals surface area contributed by atoms with Crippen LogP contribution in [0.25, 0.3) is 0 Å². The summed E-state index contributed by atoms with van der Waals surface area (Å²) in [5, 5.41) is 9.89. The lowest BCUT2D eigenvalue weighted by molar-refractivity contribution is 0.309. The van der Waals surface area contributed by atoms with Crippen LogP contribution in [-0.4, -0.2) is 17.0 Å². The molecule has 0 radical (unpaired) electrons. The maximum absolute atomic E-state index is 8.52. The highest BCUT2D eigenvalue weighted by molar-refractivity contribution is 6.65. The Bertz CT molecular complexity index is 332. The van der Waals surface area contributed by atoms with Gasteiger partial charge in [-0.15, -0.1) is 0 Å². The predicted molar refractivity (Wildman–Crippen MR) is 60.5 cm³/mol. The van der Waals surface area contributed by atoms with E-state index in [-0.39, 0.29) is 11.9 Å². The smallest absolute Gasteiger partial charge is 0.135 e. The molecule has 0 saturated carbocycles. The molecular formula is C9H8Cl3NO. The van der Waals surface area contributed by atoms with Crippen molar-refractivity contribution in [3.05, 3.63) is 33.8 Å². The first-order chi connectivity index (χ1) is 6.65. The molecule has 14 heavy (non-hydrogen) atoms. The van der Waals surface area contributed by atoms with E-state index in [2.05, 4.69) is 4.99 Å². The zero-order valence-corrected chi connectivity index (χ0v) is 9.44. The van der Waals surface area contributed by atoms with Gasteiger partial charge in [-0.25, -0.2) is 4.99 Å². The van der Waals surface area contributed by atoms with Crippen LogP contribution in [0.5, 0.6) is 0 Å². The summed E-state index contributed by atoms with van der Waals surface area (Å²) in [4.78, 5) is 3.62. The number of aliphatic hydroxyl groups is 1. The number of rotatable bonds is 3. The number of hydrogen-bond donors (Lipinski definition) is 1. The monoisotopic (exact) mass is 251 g/mol. The van der Waals surface area contributed by atoms with Crippen LogP contribution in [0, 0.1) is 0 Å². The topological polar surface area (TPSA) is 32.6 Å². The van der Waals surface area contributed by atoms with E-state index in [0.29, 0.717) is 16.5 Å². The van der Waals surface area contributed by atoms with Crippen molar-refractivity contribution in [1.29, 1.82) is 0 Å². The van der Waals surface area contributed by atoms with E-state index < -0.39 is 0 Å². The molecule has 5 heteroatoms. The minimum atomic E-state index is -0.332. The van der Waals surface area contributed by atoms with Gasteiger partial charge in [-0.05, 0) is 17.7 Å². The molecule has 1 aromatic rings. The molecule has 0 saturated heterocycles. The quantitative estimate of drug-likeness (QED) is 0.824. The SMILES string of the molecule is OC/N=C(\Cl)Cc1c(Cl)cccc1Cl. The van der Waals surface area contributed by atoms with Gasteiger partial charge in [0.1, 0.15) is 11.9 Å². The summed E-state index contributed by atoms with van der Waals surface area (Å²) in [6.45, 7) is -0.332. The molecule has 1 rings (SSSR count). The largest absolute Gasteiger partial charge is 0.375 e. The lowest BCUT2D eigenvalue weighted by Gasteiger charge is -2.04. The van der Waals surface area contributed by atoms with Crippen LogP contribution in [-0.2, 0) is 6.42 Å². The van der Waals surface area contributed by atoms with E-state index >= 15 is 0 Å². The number of benzene rings is 1. The standard InChI is InChI=1S/C9H8Cl3NO/c10-7-2-1-3-8(11)6(7)4-9(12)13-5-14/h1-3,14H,4-5H2/b13-9-. The Morgan fingerprint density at radius 2 is 1.86 bits per heavy atom. The van der Waals surface area contributed by atoms with Crippen LogP contribution in [0.3, 0.4) is 0 Å².